The maximum atomic E-state index is 11.8. The van der Waals surface area contributed by atoms with Gasteiger partial charge in [-0.15, -0.1) is 0 Å². The average Bonchev–Trinajstić information content (AvgIpc) is 2.46. The van der Waals surface area contributed by atoms with Gasteiger partial charge >= 0.3 is 5.97 Å². The normalized spacial score (nSPS) is 15.2. The minimum Gasteiger partial charge on any atom is -0.491 e. The molecular weight excluding hydrogens is 258 g/mol. The van der Waals surface area contributed by atoms with Gasteiger partial charge in [-0.25, -0.2) is 0 Å². The SMILES string of the molecule is CNC(C)(CC(C)Oc1cccc(CO)c1)C(=O)OC. The Labute approximate surface area is 119 Å². The lowest BCUT2D eigenvalue weighted by Crippen LogP contribution is -2.50. The Morgan fingerprint density at radius 3 is 2.75 bits per heavy atom. The van der Waals surface area contributed by atoms with E-state index in [0.29, 0.717) is 12.2 Å². The van der Waals surface area contributed by atoms with E-state index in [0.717, 1.165) is 5.56 Å². The van der Waals surface area contributed by atoms with Crippen molar-refractivity contribution in [2.45, 2.75) is 38.5 Å². The first-order chi connectivity index (χ1) is 9.45. The van der Waals surface area contributed by atoms with E-state index in [4.69, 9.17) is 14.6 Å². The molecule has 20 heavy (non-hydrogen) atoms. The number of benzene rings is 1. The predicted octanol–water partition coefficient (Wildman–Crippen LogP) is 1.49. The standard InChI is InChI=1S/C15H23NO4/c1-11(9-15(2,16-3)14(18)19-4)20-13-7-5-6-12(8-13)10-17/h5-8,11,16-17H,9-10H2,1-4H3. The van der Waals surface area contributed by atoms with Crippen molar-refractivity contribution in [3.8, 4) is 5.75 Å². The quantitative estimate of drug-likeness (QED) is 0.741. The Balaban J connectivity index is 2.70. The van der Waals surface area contributed by atoms with E-state index in [1.54, 1.807) is 20.0 Å². The van der Waals surface area contributed by atoms with Crippen molar-refractivity contribution in [1.82, 2.24) is 5.32 Å². The van der Waals surface area contributed by atoms with Crippen LogP contribution in [0.4, 0.5) is 0 Å². The van der Waals surface area contributed by atoms with Crippen molar-refractivity contribution in [3.05, 3.63) is 29.8 Å². The van der Waals surface area contributed by atoms with E-state index in [1.807, 2.05) is 25.1 Å². The summed E-state index contributed by atoms with van der Waals surface area (Å²) in [5, 5.41) is 12.1. The highest BCUT2D eigenvalue weighted by molar-refractivity contribution is 5.80. The van der Waals surface area contributed by atoms with E-state index < -0.39 is 5.54 Å². The molecule has 0 aromatic heterocycles. The molecule has 0 saturated carbocycles. The van der Waals surface area contributed by atoms with Gasteiger partial charge < -0.3 is 19.9 Å². The summed E-state index contributed by atoms with van der Waals surface area (Å²) in [5.41, 5.74) is 0.00185. The number of aliphatic hydroxyl groups is 1. The highest BCUT2D eigenvalue weighted by atomic mass is 16.5. The first-order valence-electron chi connectivity index (χ1n) is 6.59. The largest absolute Gasteiger partial charge is 0.491 e. The van der Waals surface area contributed by atoms with Crippen LogP contribution >= 0.6 is 0 Å². The summed E-state index contributed by atoms with van der Waals surface area (Å²) >= 11 is 0. The molecule has 0 bridgehead atoms. The smallest absolute Gasteiger partial charge is 0.325 e. The molecule has 1 aromatic carbocycles. The lowest BCUT2D eigenvalue weighted by atomic mass is 9.95. The fraction of sp³-hybridized carbons (Fsp3) is 0.533. The molecule has 0 radical (unpaired) electrons. The molecular formula is C15H23NO4. The number of carbonyl (C=O) groups is 1. The molecule has 2 N–H and O–H groups in total. The van der Waals surface area contributed by atoms with Crippen LogP contribution < -0.4 is 10.1 Å². The molecule has 0 spiro atoms. The molecule has 0 aliphatic heterocycles. The third-order valence-corrected chi connectivity index (χ3v) is 3.30. The summed E-state index contributed by atoms with van der Waals surface area (Å²) in [6.07, 6.45) is 0.292. The molecule has 5 heteroatoms. The van der Waals surface area contributed by atoms with Gasteiger partial charge in [0.25, 0.3) is 0 Å². The number of hydrogen-bond donors (Lipinski definition) is 2. The van der Waals surface area contributed by atoms with Crippen LogP contribution in [-0.2, 0) is 16.1 Å². The van der Waals surface area contributed by atoms with Gasteiger partial charge in [0.2, 0.25) is 0 Å². The van der Waals surface area contributed by atoms with Crippen molar-refractivity contribution >= 4 is 5.97 Å². The van der Waals surface area contributed by atoms with Crippen LogP contribution in [0.5, 0.6) is 5.75 Å². The number of nitrogens with one attached hydrogen (secondary N) is 1. The third-order valence-electron chi connectivity index (χ3n) is 3.30. The van der Waals surface area contributed by atoms with Crippen molar-refractivity contribution in [2.75, 3.05) is 14.2 Å². The predicted molar refractivity (Wildman–Crippen MR) is 76.6 cm³/mol. The Morgan fingerprint density at radius 2 is 2.20 bits per heavy atom. The molecule has 1 aromatic rings. The maximum absolute atomic E-state index is 11.8. The third kappa shape index (κ3) is 4.21. The van der Waals surface area contributed by atoms with E-state index >= 15 is 0 Å². The van der Waals surface area contributed by atoms with Gasteiger partial charge in [-0.1, -0.05) is 12.1 Å². The van der Waals surface area contributed by atoms with Crippen molar-refractivity contribution < 1.29 is 19.4 Å². The number of esters is 1. The summed E-state index contributed by atoms with van der Waals surface area (Å²) in [6.45, 7) is 3.65. The zero-order valence-corrected chi connectivity index (χ0v) is 12.5. The van der Waals surface area contributed by atoms with E-state index in [9.17, 15) is 4.79 Å². The van der Waals surface area contributed by atoms with E-state index in [2.05, 4.69) is 5.32 Å². The van der Waals surface area contributed by atoms with Crippen molar-refractivity contribution in [3.63, 3.8) is 0 Å². The van der Waals surface area contributed by atoms with Crippen molar-refractivity contribution in [1.29, 1.82) is 0 Å². The maximum Gasteiger partial charge on any atom is 0.325 e. The monoisotopic (exact) mass is 281 g/mol. The van der Waals surface area contributed by atoms with E-state index in [1.165, 1.54) is 7.11 Å². The average molecular weight is 281 g/mol. The van der Waals surface area contributed by atoms with Gasteiger partial charge in [0, 0.05) is 6.42 Å². The lowest BCUT2D eigenvalue weighted by Gasteiger charge is -2.29. The zero-order chi connectivity index (χ0) is 15.2. The minimum absolute atomic E-state index is 0.0258. The molecule has 0 saturated heterocycles. The molecule has 0 aliphatic carbocycles. The molecule has 0 fully saturated rings. The molecule has 2 atom stereocenters. The summed E-state index contributed by atoms with van der Waals surface area (Å²) in [7, 11) is 3.09. The molecule has 0 heterocycles. The van der Waals surface area contributed by atoms with Crippen LogP contribution in [0.25, 0.3) is 0 Å². The topological polar surface area (TPSA) is 67.8 Å². The number of carbonyl (C=O) groups excluding carboxylic acids is 1. The second kappa shape index (κ2) is 7.26. The van der Waals surface area contributed by atoms with Crippen LogP contribution in [0, 0.1) is 0 Å². The Hall–Kier alpha value is -1.59. The van der Waals surface area contributed by atoms with Crippen LogP contribution in [0.1, 0.15) is 25.8 Å². The van der Waals surface area contributed by atoms with Crippen molar-refractivity contribution in [2.24, 2.45) is 0 Å². The highest BCUT2D eigenvalue weighted by Gasteiger charge is 2.34. The Kier molecular flexibility index (Phi) is 5.98. The van der Waals surface area contributed by atoms with Crippen LogP contribution in [0.2, 0.25) is 0 Å². The van der Waals surface area contributed by atoms with Crippen LogP contribution in [0.15, 0.2) is 24.3 Å². The van der Waals surface area contributed by atoms with Crippen LogP contribution in [0.3, 0.4) is 0 Å². The molecule has 1 rings (SSSR count). The number of hydrogen-bond acceptors (Lipinski definition) is 5. The Bertz CT molecular complexity index is 449. The van der Waals surface area contributed by atoms with Gasteiger partial charge in [0.15, 0.2) is 0 Å². The van der Waals surface area contributed by atoms with E-state index in [-0.39, 0.29) is 18.7 Å². The van der Waals surface area contributed by atoms with Gasteiger partial charge in [0.05, 0.1) is 19.8 Å². The molecule has 2 unspecified atom stereocenters. The summed E-state index contributed by atoms with van der Waals surface area (Å²) in [4.78, 5) is 11.8. The number of rotatable bonds is 7. The number of ether oxygens (including phenoxy) is 2. The lowest BCUT2D eigenvalue weighted by molar-refractivity contribution is -0.148. The highest BCUT2D eigenvalue weighted by Crippen LogP contribution is 2.20. The summed E-state index contributed by atoms with van der Waals surface area (Å²) in [6, 6.07) is 7.25. The molecule has 5 nitrogen and oxygen atoms in total. The number of likely N-dealkylation sites (N-methyl/N-ethyl adjacent to an activating group) is 1. The van der Waals surface area contributed by atoms with Gasteiger partial charge in [-0.3, -0.25) is 4.79 Å². The van der Waals surface area contributed by atoms with Crippen LogP contribution in [-0.4, -0.2) is 36.9 Å². The fourth-order valence-electron chi connectivity index (χ4n) is 2.08. The summed E-state index contributed by atoms with van der Waals surface area (Å²) < 4.78 is 10.6. The minimum atomic E-state index is -0.789. The first-order valence-corrected chi connectivity index (χ1v) is 6.59. The second-order valence-corrected chi connectivity index (χ2v) is 5.01. The molecule has 0 aliphatic rings. The van der Waals surface area contributed by atoms with Gasteiger partial charge in [0.1, 0.15) is 11.3 Å². The Morgan fingerprint density at radius 1 is 1.50 bits per heavy atom. The fourth-order valence-corrected chi connectivity index (χ4v) is 2.08. The molecule has 112 valence electrons. The molecule has 0 amide bonds. The zero-order valence-electron chi connectivity index (χ0n) is 12.5. The van der Waals surface area contributed by atoms with Gasteiger partial charge in [-0.05, 0) is 38.6 Å². The summed E-state index contributed by atoms with van der Waals surface area (Å²) in [5.74, 6) is 0.354. The number of methoxy groups -OCH3 is 1. The van der Waals surface area contributed by atoms with Gasteiger partial charge in [-0.2, -0.15) is 0 Å². The first kappa shape index (κ1) is 16.5. The number of aliphatic hydroxyl groups excluding tert-OH is 1. The second-order valence-electron chi connectivity index (χ2n) is 5.01.